The molecule has 1 saturated heterocycles. The molecule has 16 nitrogen and oxygen atoms in total. The Morgan fingerprint density at radius 2 is 1.58 bits per heavy atom. The molecule has 3 rings (SSSR count). The van der Waals surface area contributed by atoms with Crippen LogP contribution in [0.15, 0.2) is 48.7 Å². The SMILES string of the molecule is CC[C@H](C)[C@@H]([C@@H](CC(=O)N1CCC[C@H]1[C@H](OC)[C@@H](C)C(=O)N[C@H](C)[C@@H](O)c1ccccc1)OC)N(C)C(=O)[C@@H](NC(=O)[C@H](C(C)C)N(C)Cc1ccnc(NC(=O)O)c1)C(C)C. The van der Waals surface area contributed by atoms with Gasteiger partial charge in [-0.15, -0.1) is 0 Å². The highest BCUT2D eigenvalue weighted by molar-refractivity contribution is 5.90. The normalized spacial score (nSPS) is 18.6. The van der Waals surface area contributed by atoms with E-state index >= 15 is 0 Å². The molecule has 0 saturated carbocycles. The number of methoxy groups -OCH3 is 2. The highest BCUT2D eigenvalue weighted by atomic mass is 16.5. The van der Waals surface area contributed by atoms with Gasteiger partial charge in [-0.3, -0.25) is 29.4 Å². The van der Waals surface area contributed by atoms with Gasteiger partial charge >= 0.3 is 6.09 Å². The minimum atomic E-state index is -1.23. The number of likely N-dealkylation sites (tertiary alicyclic amines) is 1. The molecule has 1 fully saturated rings. The van der Waals surface area contributed by atoms with Gasteiger partial charge in [0.15, 0.2) is 0 Å². The van der Waals surface area contributed by atoms with Crippen LogP contribution < -0.4 is 16.0 Å². The molecule has 0 radical (unpaired) electrons. The largest absolute Gasteiger partial charge is 0.465 e. The Kier molecular flexibility index (Phi) is 20.2. The lowest BCUT2D eigenvalue weighted by molar-refractivity contribution is -0.148. The zero-order valence-electron chi connectivity index (χ0n) is 38.8. The highest BCUT2D eigenvalue weighted by Crippen LogP contribution is 2.30. The molecule has 1 aliphatic heterocycles. The van der Waals surface area contributed by atoms with Gasteiger partial charge in [0.25, 0.3) is 0 Å². The number of aromatic nitrogens is 1. The molecule has 0 spiro atoms. The van der Waals surface area contributed by atoms with E-state index in [-0.39, 0.29) is 59.7 Å². The molecule has 16 heteroatoms. The van der Waals surface area contributed by atoms with E-state index in [9.17, 15) is 29.1 Å². The molecule has 62 heavy (non-hydrogen) atoms. The first kappa shape index (κ1) is 51.7. The van der Waals surface area contributed by atoms with Crippen LogP contribution in [0.4, 0.5) is 10.6 Å². The van der Waals surface area contributed by atoms with Crippen LogP contribution in [0.1, 0.15) is 98.3 Å². The molecule has 0 unspecified atom stereocenters. The van der Waals surface area contributed by atoms with Gasteiger partial charge < -0.3 is 40.1 Å². The van der Waals surface area contributed by atoms with Gasteiger partial charge in [-0.05, 0) is 67.8 Å². The number of amides is 5. The number of nitrogens with zero attached hydrogens (tertiary/aromatic N) is 4. The van der Waals surface area contributed by atoms with Crippen LogP contribution in [-0.2, 0) is 35.2 Å². The van der Waals surface area contributed by atoms with E-state index in [0.29, 0.717) is 31.5 Å². The molecule has 0 bridgehead atoms. The fourth-order valence-electron chi connectivity index (χ4n) is 8.80. The van der Waals surface area contributed by atoms with Crippen LogP contribution in [0.2, 0.25) is 0 Å². The van der Waals surface area contributed by atoms with Crippen molar-refractivity contribution in [3.63, 3.8) is 0 Å². The molecular weight excluding hydrogens is 795 g/mol. The molecule has 2 heterocycles. The molecule has 5 amide bonds. The summed E-state index contributed by atoms with van der Waals surface area (Å²) in [5.41, 5.74) is 1.44. The van der Waals surface area contributed by atoms with Crippen molar-refractivity contribution in [3.05, 3.63) is 59.8 Å². The van der Waals surface area contributed by atoms with Gasteiger partial charge in [-0.1, -0.05) is 85.2 Å². The predicted octanol–water partition coefficient (Wildman–Crippen LogP) is 4.93. The van der Waals surface area contributed by atoms with Gasteiger partial charge in [0.1, 0.15) is 11.9 Å². The molecular formula is C46H73N7O9. The van der Waals surface area contributed by atoms with E-state index in [1.807, 2.05) is 64.6 Å². The summed E-state index contributed by atoms with van der Waals surface area (Å²) >= 11 is 0. The number of anilines is 1. The van der Waals surface area contributed by atoms with Gasteiger partial charge in [0.2, 0.25) is 23.6 Å². The maximum absolute atomic E-state index is 14.6. The molecule has 10 atom stereocenters. The zero-order valence-corrected chi connectivity index (χ0v) is 38.8. The summed E-state index contributed by atoms with van der Waals surface area (Å²) in [5, 5.41) is 28.3. The van der Waals surface area contributed by atoms with Crippen LogP contribution in [0, 0.1) is 23.7 Å². The Morgan fingerprint density at radius 1 is 0.919 bits per heavy atom. The number of pyridine rings is 1. The minimum Gasteiger partial charge on any atom is -0.465 e. The second-order valence-electron chi connectivity index (χ2n) is 17.6. The van der Waals surface area contributed by atoms with E-state index < -0.39 is 54.5 Å². The fourth-order valence-corrected chi connectivity index (χ4v) is 8.80. The number of rotatable bonds is 23. The Labute approximate surface area is 368 Å². The molecule has 1 aromatic heterocycles. The predicted molar refractivity (Wildman–Crippen MR) is 238 cm³/mol. The summed E-state index contributed by atoms with van der Waals surface area (Å²) in [5.74, 6) is -2.06. The molecule has 0 aliphatic carbocycles. The third-order valence-electron chi connectivity index (χ3n) is 12.3. The topological polar surface area (TPSA) is 203 Å². The van der Waals surface area contributed by atoms with E-state index in [1.54, 1.807) is 69.1 Å². The lowest BCUT2D eigenvalue weighted by atomic mass is 9.89. The van der Waals surface area contributed by atoms with Crippen LogP contribution in [0.3, 0.4) is 0 Å². The Morgan fingerprint density at radius 3 is 2.15 bits per heavy atom. The first-order valence-electron chi connectivity index (χ1n) is 21.9. The molecule has 5 N–H and O–H groups in total. The number of carbonyl (C=O) groups excluding carboxylic acids is 4. The molecule has 1 aromatic carbocycles. The lowest BCUT2D eigenvalue weighted by Crippen LogP contribution is -2.60. The van der Waals surface area contributed by atoms with Crippen molar-refractivity contribution in [3.8, 4) is 0 Å². The summed E-state index contributed by atoms with van der Waals surface area (Å²) in [4.78, 5) is 77.0. The zero-order chi connectivity index (χ0) is 46.4. The maximum atomic E-state index is 14.6. The number of hydrogen-bond donors (Lipinski definition) is 5. The quantitative estimate of drug-likeness (QED) is 0.101. The number of aliphatic hydroxyl groups is 1. The van der Waals surface area contributed by atoms with E-state index in [4.69, 9.17) is 14.6 Å². The number of nitrogens with one attached hydrogen (secondary N) is 3. The Bertz CT molecular complexity index is 1760. The third kappa shape index (κ3) is 13.7. The summed E-state index contributed by atoms with van der Waals surface area (Å²) in [6.45, 7) is 16.0. The van der Waals surface area contributed by atoms with Crippen molar-refractivity contribution in [2.75, 3.05) is 40.2 Å². The molecule has 2 aromatic rings. The second-order valence-corrected chi connectivity index (χ2v) is 17.6. The second kappa shape index (κ2) is 24.3. The van der Waals surface area contributed by atoms with Crippen molar-refractivity contribution in [1.82, 2.24) is 30.3 Å². The summed E-state index contributed by atoms with van der Waals surface area (Å²) < 4.78 is 12.0. The van der Waals surface area contributed by atoms with E-state index in [0.717, 1.165) is 12.0 Å². The van der Waals surface area contributed by atoms with Gasteiger partial charge in [0.05, 0.1) is 54.8 Å². The van der Waals surface area contributed by atoms with Gasteiger partial charge in [-0.25, -0.2) is 9.78 Å². The fraction of sp³-hybridized carbons (Fsp3) is 0.652. The van der Waals surface area contributed by atoms with Gasteiger partial charge in [0, 0.05) is 40.6 Å². The third-order valence-corrected chi connectivity index (χ3v) is 12.3. The monoisotopic (exact) mass is 868 g/mol. The van der Waals surface area contributed by atoms with E-state index in [1.165, 1.54) is 13.3 Å². The number of ether oxygens (including phenoxy) is 2. The van der Waals surface area contributed by atoms with Crippen LogP contribution in [0.5, 0.6) is 0 Å². The average molecular weight is 868 g/mol. The van der Waals surface area contributed by atoms with Crippen molar-refractivity contribution < 1.29 is 43.7 Å². The number of aliphatic hydroxyl groups excluding tert-OH is 1. The highest BCUT2D eigenvalue weighted by Gasteiger charge is 2.43. The van der Waals surface area contributed by atoms with Crippen LogP contribution in [-0.4, -0.2) is 137 Å². The van der Waals surface area contributed by atoms with Gasteiger partial charge in [-0.2, -0.15) is 0 Å². The van der Waals surface area contributed by atoms with Crippen molar-refractivity contribution >= 4 is 35.5 Å². The smallest absolute Gasteiger partial charge is 0.410 e. The maximum Gasteiger partial charge on any atom is 0.410 e. The number of carbonyl (C=O) groups is 5. The summed E-state index contributed by atoms with van der Waals surface area (Å²) in [6.07, 6.45) is 0.113. The lowest BCUT2D eigenvalue weighted by Gasteiger charge is -2.41. The summed E-state index contributed by atoms with van der Waals surface area (Å²) in [7, 11) is 6.58. The Hall–Kier alpha value is -4.64. The Balaban J connectivity index is 1.77. The standard InChI is InChI=1S/C46H73N7O9/c1-13-29(6)40(52(10)45(58)38(27(2)3)50-44(57)39(28(4)5)51(9)26-32-21-22-47-36(24-32)49-46(59)60)35(61-11)25-37(54)53-23-17-20-34(53)42(62-12)30(7)43(56)48-31(8)41(55)33-18-15-14-16-19-33/h14-16,18-19,21-22,24,27-31,34-35,38-42,55H,13,17,20,23,25-26H2,1-12H3,(H,47,49)(H,48,56)(H,50,57)(H,59,60)/t29-,30+,31+,34-,35+,38-,39-,40-,41+,42+/m0/s1. The minimum absolute atomic E-state index is 0.0193. The molecule has 1 aliphatic rings. The number of likely N-dealkylation sites (N-methyl/N-ethyl adjacent to an activating group) is 2. The van der Waals surface area contributed by atoms with Crippen molar-refractivity contribution in [1.29, 1.82) is 0 Å². The number of carboxylic acid groups (broad SMARTS) is 1. The molecule has 346 valence electrons. The first-order chi connectivity index (χ1) is 29.3. The number of benzene rings is 1. The number of hydrogen-bond acceptors (Lipinski definition) is 10. The van der Waals surface area contributed by atoms with Crippen molar-refractivity contribution in [2.45, 2.75) is 136 Å². The van der Waals surface area contributed by atoms with Crippen LogP contribution >= 0.6 is 0 Å². The van der Waals surface area contributed by atoms with Crippen molar-refractivity contribution in [2.24, 2.45) is 23.7 Å². The van der Waals surface area contributed by atoms with Crippen LogP contribution in [0.25, 0.3) is 0 Å². The van der Waals surface area contributed by atoms with E-state index in [2.05, 4.69) is 20.9 Å². The summed E-state index contributed by atoms with van der Waals surface area (Å²) in [6, 6.07) is 9.52. The average Bonchev–Trinajstić information content (AvgIpc) is 3.71. The first-order valence-corrected chi connectivity index (χ1v) is 21.9.